The van der Waals surface area contributed by atoms with E-state index in [4.69, 9.17) is 28.9 Å². The molecule has 392 valence electrons. The van der Waals surface area contributed by atoms with Gasteiger partial charge in [-0.2, -0.15) is 0 Å². The molecular formula is C53H68F2N10O8. The Bertz CT molecular complexity index is 2660. The van der Waals surface area contributed by atoms with Crippen LogP contribution in [0.3, 0.4) is 0 Å². The van der Waals surface area contributed by atoms with Crippen LogP contribution < -0.4 is 20.4 Å². The Morgan fingerprint density at radius 2 is 1.07 bits per heavy atom. The highest BCUT2D eigenvalue weighted by molar-refractivity contribution is 5.88. The van der Waals surface area contributed by atoms with Crippen LogP contribution in [-0.2, 0) is 28.5 Å². The van der Waals surface area contributed by atoms with Crippen LogP contribution in [0.15, 0.2) is 48.5 Å². The van der Waals surface area contributed by atoms with Crippen molar-refractivity contribution in [3.05, 3.63) is 82.9 Å². The summed E-state index contributed by atoms with van der Waals surface area (Å²) in [5, 5.41) is 5.40. The van der Waals surface area contributed by atoms with Crippen LogP contribution in [0.5, 0.6) is 0 Å². The van der Waals surface area contributed by atoms with E-state index in [0.717, 1.165) is 41.4 Å². The molecule has 8 atom stereocenters. The number of carbonyl (C=O) groups is 4. The summed E-state index contributed by atoms with van der Waals surface area (Å²) >= 11 is 0. The minimum atomic E-state index is -0.833. The molecule has 73 heavy (non-hydrogen) atoms. The first kappa shape index (κ1) is 51.4. The monoisotopic (exact) mass is 1010 g/mol. The van der Waals surface area contributed by atoms with Gasteiger partial charge in [-0.15, -0.1) is 0 Å². The van der Waals surface area contributed by atoms with E-state index in [1.165, 1.54) is 26.4 Å². The van der Waals surface area contributed by atoms with E-state index in [-0.39, 0.29) is 53.6 Å². The number of aromatic nitrogens is 4. The second kappa shape index (κ2) is 21.5. The van der Waals surface area contributed by atoms with Crippen molar-refractivity contribution in [3.63, 3.8) is 0 Å². The van der Waals surface area contributed by atoms with Crippen LogP contribution >= 0.6 is 0 Å². The van der Waals surface area contributed by atoms with Crippen LogP contribution in [0.2, 0.25) is 0 Å². The fourth-order valence-electron chi connectivity index (χ4n) is 11.5. The van der Waals surface area contributed by atoms with Gasteiger partial charge in [0.15, 0.2) is 11.6 Å². The summed E-state index contributed by atoms with van der Waals surface area (Å²) in [5.41, 5.74) is 5.07. The number of alkyl carbamates (subject to hydrolysis) is 2. The van der Waals surface area contributed by atoms with Crippen molar-refractivity contribution in [1.82, 2.24) is 40.4 Å². The van der Waals surface area contributed by atoms with Crippen molar-refractivity contribution in [1.29, 1.82) is 0 Å². The minimum Gasteiger partial charge on any atom is -0.453 e. The first-order chi connectivity index (χ1) is 35.1. The number of likely N-dealkylation sites (tertiary alicyclic amines) is 2. The van der Waals surface area contributed by atoms with E-state index >= 15 is 8.78 Å². The second-order valence-corrected chi connectivity index (χ2v) is 20.5. The van der Waals surface area contributed by atoms with Gasteiger partial charge in [0.05, 0.1) is 72.7 Å². The van der Waals surface area contributed by atoms with Gasteiger partial charge in [-0.25, -0.2) is 28.3 Å². The topological polar surface area (TPSA) is 200 Å². The maximum absolute atomic E-state index is 16.5. The summed E-state index contributed by atoms with van der Waals surface area (Å²) in [5.74, 6) is -1.05. The largest absolute Gasteiger partial charge is 0.453 e. The zero-order chi connectivity index (χ0) is 51.8. The molecule has 0 unspecified atom stereocenters. The summed E-state index contributed by atoms with van der Waals surface area (Å²) in [6.07, 6.45) is 3.13. The van der Waals surface area contributed by atoms with Crippen LogP contribution in [0, 0.1) is 23.5 Å². The lowest BCUT2D eigenvalue weighted by Crippen LogP contribution is -2.51. The number of carbonyl (C=O) groups excluding carboxylic acids is 4. The zero-order valence-corrected chi connectivity index (χ0v) is 42.9. The molecule has 0 aliphatic carbocycles. The molecule has 2 aromatic heterocycles. The number of nitrogens with zero attached hydrogens (tertiary/aromatic N) is 6. The highest BCUT2D eigenvalue weighted by Crippen LogP contribution is 2.49. The van der Waals surface area contributed by atoms with E-state index in [2.05, 4.69) is 25.5 Å². The maximum atomic E-state index is 16.5. The van der Waals surface area contributed by atoms with Gasteiger partial charge in [0.25, 0.3) is 0 Å². The number of amides is 4. The van der Waals surface area contributed by atoms with E-state index in [1.807, 2.05) is 69.0 Å². The van der Waals surface area contributed by atoms with Gasteiger partial charge in [-0.05, 0) is 91.5 Å². The second-order valence-electron chi connectivity index (χ2n) is 20.5. The standard InChI is InChI=1S/C53H68F2N10O8/c1-28(2)45(60-52(68)72-7)50(66)63-26-33(70-5)24-43(63)48-56-37-14-12-30(20-39(37)58-48)41-16-17-42(65(41)32-22-35(54)47(36(55)23-32)62-18-10-9-11-19-62)31-13-15-38-40(21-31)59-49(57-38)44-25-34(71-6)27-64(44)51(67)46(29(3)4)61-53(69)73-8/h12-15,20-23,28-29,33-34,41-46H,9-11,16-19,24-27H2,1-8H3,(H,56,58)(H,57,59)(H,60,68)(H,61,69)/t33-,34-,41-,42-,43+,44+,45+,46+/m1/s1. The smallest absolute Gasteiger partial charge is 0.407 e. The fraction of sp³-hybridized carbons (Fsp3) is 0.547. The minimum absolute atomic E-state index is 0.000417. The third-order valence-electron chi connectivity index (χ3n) is 15.3. The van der Waals surface area contributed by atoms with Crippen LogP contribution in [0.1, 0.15) is 120 Å². The number of benzene rings is 3. The van der Waals surface area contributed by atoms with Crippen molar-refractivity contribution >= 4 is 57.4 Å². The number of ether oxygens (including phenoxy) is 4. The fourth-order valence-corrected chi connectivity index (χ4v) is 11.5. The van der Waals surface area contributed by atoms with Gasteiger partial charge >= 0.3 is 12.2 Å². The van der Waals surface area contributed by atoms with E-state index in [9.17, 15) is 19.2 Å². The van der Waals surface area contributed by atoms with Gasteiger partial charge in [-0.3, -0.25) is 9.59 Å². The van der Waals surface area contributed by atoms with Gasteiger partial charge in [0.2, 0.25) is 11.8 Å². The van der Waals surface area contributed by atoms with Crippen molar-refractivity contribution in [2.75, 3.05) is 64.4 Å². The predicted molar refractivity (Wildman–Crippen MR) is 270 cm³/mol. The number of rotatable bonds is 14. The van der Waals surface area contributed by atoms with Gasteiger partial charge in [0, 0.05) is 58.9 Å². The number of anilines is 2. The molecule has 4 fully saturated rings. The molecule has 4 aliphatic rings. The highest BCUT2D eigenvalue weighted by atomic mass is 19.1. The Kier molecular flexibility index (Phi) is 15.1. The predicted octanol–water partition coefficient (Wildman–Crippen LogP) is 8.13. The third-order valence-corrected chi connectivity index (χ3v) is 15.3. The molecule has 0 radical (unpaired) electrons. The van der Waals surface area contributed by atoms with Gasteiger partial charge < -0.3 is 59.1 Å². The van der Waals surface area contributed by atoms with Crippen molar-refractivity contribution in [2.24, 2.45) is 11.8 Å². The number of hydrogen-bond acceptors (Lipinski definition) is 12. The number of aromatic amines is 2. The number of piperidine rings is 1. The van der Waals surface area contributed by atoms with Crippen molar-refractivity contribution in [2.45, 2.75) is 121 Å². The normalized spacial score (nSPS) is 23.2. The molecular weight excluding hydrogens is 943 g/mol. The SMILES string of the molecule is COC(=O)N[C@H](C(=O)N1C[C@H](OC)C[C@H]1c1nc2ccc([C@H]3CC[C@H](c4ccc5nc([C@@H]6C[C@@H](OC)CN6C(=O)[C@@H](NC(=O)OC)C(C)C)[nH]c5c4)N3c3cc(F)c(N4CCCCC4)c(F)c3)cc2[nH]1)C(C)C. The summed E-state index contributed by atoms with van der Waals surface area (Å²) in [6, 6.07) is 11.6. The molecule has 4 N–H and O–H groups in total. The average molecular weight is 1010 g/mol. The van der Waals surface area contributed by atoms with E-state index in [0.29, 0.717) is 80.2 Å². The summed E-state index contributed by atoms with van der Waals surface area (Å²) in [7, 11) is 5.74. The molecule has 20 heteroatoms. The Balaban J connectivity index is 1.05. The quantitative estimate of drug-likeness (QED) is 0.0834. The van der Waals surface area contributed by atoms with Crippen LogP contribution in [0.25, 0.3) is 22.1 Å². The third kappa shape index (κ3) is 10.2. The highest BCUT2D eigenvalue weighted by Gasteiger charge is 2.44. The number of fused-ring (bicyclic) bond motifs is 2. The molecule has 4 saturated heterocycles. The van der Waals surface area contributed by atoms with E-state index in [1.54, 1.807) is 24.0 Å². The molecule has 0 spiro atoms. The molecule has 4 amide bonds. The van der Waals surface area contributed by atoms with Crippen LogP contribution in [0.4, 0.5) is 29.7 Å². The maximum Gasteiger partial charge on any atom is 0.407 e. The van der Waals surface area contributed by atoms with Crippen molar-refractivity contribution < 1.29 is 46.9 Å². The summed E-state index contributed by atoms with van der Waals surface area (Å²) in [4.78, 5) is 77.2. The Labute approximate surface area is 423 Å². The number of methoxy groups -OCH3 is 4. The van der Waals surface area contributed by atoms with Crippen LogP contribution in [-0.4, -0.2) is 133 Å². The lowest BCUT2D eigenvalue weighted by molar-refractivity contribution is -0.136. The molecule has 0 saturated carbocycles. The molecule has 6 heterocycles. The van der Waals surface area contributed by atoms with Crippen molar-refractivity contribution in [3.8, 4) is 0 Å². The summed E-state index contributed by atoms with van der Waals surface area (Å²) in [6.45, 7) is 9.23. The first-order valence-corrected chi connectivity index (χ1v) is 25.5. The van der Waals surface area contributed by atoms with E-state index < -0.39 is 48.0 Å². The summed E-state index contributed by atoms with van der Waals surface area (Å²) < 4.78 is 54.2. The molecule has 9 rings (SSSR count). The average Bonchev–Trinajstić information content (AvgIpc) is 4.24. The molecule has 3 aromatic carbocycles. The Hall–Kier alpha value is -6.54. The number of halogens is 2. The first-order valence-electron chi connectivity index (χ1n) is 25.5. The zero-order valence-electron chi connectivity index (χ0n) is 42.9. The van der Waals surface area contributed by atoms with Gasteiger partial charge in [0.1, 0.15) is 29.4 Å². The molecule has 0 bridgehead atoms. The van der Waals surface area contributed by atoms with Gasteiger partial charge in [-0.1, -0.05) is 39.8 Å². The number of nitrogens with one attached hydrogen (secondary N) is 4. The number of H-pyrrole nitrogens is 2. The molecule has 18 nitrogen and oxygen atoms in total. The molecule has 4 aliphatic heterocycles. The Morgan fingerprint density at radius 3 is 1.47 bits per heavy atom. The lowest BCUT2D eigenvalue weighted by Gasteiger charge is -2.35. The number of hydrogen-bond donors (Lipinski definition) is 4. The number of imidazole rings is 2. The molecule has 5 aromatic rings. The lowest BCUT2D eigenvalue weighted by atomic mass is 10.0. The Morgan fingerprint density at radius 1 is 0.630 bits per heavy atom.